The average molecular weight is 281 g/mol. The van der Waals surface area contributed by atoms with E-state index in [1.165, 1.54) is 12.1 Å². The van der Waals surface area contributed by atoms with Crippen LogP contribution in [-0.2, 0) is 4.79 Å². The summed E-state index contributed by atoms with van der Waals surface area (Å²) in [5.41, 5.74) is 6.94. The third-order valence-corrected chi connectivity index (χ3v) is 3.68. The first kappa shape index (κ1) is 14.9. The molecule has 1 saturated heterocycles. The number of nitrogens with one attached hydrogen (secondary N) is 1. The summed E-state index contributed by atoms with van der Waals surface area (Å²) in [7, 11) is 0. The molecule has 4 N–H and O–H groups in total. The predicted octanol–water partition coefficient (Wildman–Crippen LogP) is -0.0734. The normalized spacial score (nSPS) is 21.6. The van der Waals surface area contributed by atoms with Crippen molar-refractivity contribution in [2.24, 2.45) is 5.73 Å². The van der Waals surface area contributed by atoms with E-state index in [0.29, 0.717) is 25.2 Å². The lowest BCUT2D eigenvalue weighted by atomic mass is 9.98. The van der Waals surface area contributed by atoms with E-state index in [-0.39, 0.29) is 18.5 Å². The van der Waals surface area contributed by atoms with Gasteiger partial charge in [-0.1, -0.05) is 6.07 Å². The molecule has 1 fully saturated rings. The number of aliphatic hydroxyl groups is 1. The minimum atomic E-state index is -0.665. The summed E-state index contributed by atoms with van der Waals surface area (Å²) in [4.78, 5) is 13.7. The van der Waals surface area contributed by atoms with Crippen LogP contribution in [0.4, 0.5) is 4.39 Å². The summed E-state index contributed by atoms with van der Waals surface area (Å²) >= 11 is 0. The number of carbonyl (C=O) groups is 1. The van der Waals surface area contributed by atoms with Crippen LogP contribution in [0.25, 0.3) is 0 Å². The number of aryl methyl sites for hydroxylation is 1. The molecule has 2 rings (SSSR count). The molecular formula is C14H20FN3O2. The van der Waals surface area contributed by atoms with Crippen molar-refractivity contribution in [3.63, 3.8) is 0 Å². The summed E-state index contributed by atoms with van der Waals surface area (Å²) in [6.45, 7) is 3.60. The van der Waals surface area contributed by atoms with Crippen LogP contribution in [0.1, 0.15) is 17.2 Å². The molecule has 1 aliphatic heterocycles. The zero-order chi connectivity index (χ0) is 14.7. The van der Waals surface area contributed by atoms with Crippen LogP contribution in [0, 0.1) is 12.7 Å². The highest BCUT2D eigenvalue weighted by Gasteiger charge is 2.31. The second-order valence-corrected chi connectivity index (χ2v) is 5.13. The third kappa shape index (κ3) is 3.15. The molecule has 0 aliphatic carbocycles. The molecule has 2 unspecified atom stereocenters. The van der Waals surface area contributed by atoms with Gasteiger partial charge < -0.3 is 16.2 Å². The number of hydrogen-bond acceptors (Lipinski definition) is 4. The Hall–Kier alpha value is -1.50. The zero-order valence-electron chi connectivity index (χ0n) is 11.5. The van der Waals surface area contributed by atoms with Gasteiger partial charge in [0.1, 0.15) is 11.9 Å². The fraction of sp³-hybridized carbons (Fsp3) is 0.500. The summed E-state index contributed by atoms with van der Waals surface area (Å²) in [6.07, 6.45) is 0. The largest absolute Gasteiger partial charge is 0.395 e. The number of piperazine rings is 1. The Kier molecular flexibility index (Phi) is 4.69. The van der Waals surface area contributed by atoms with E-state index < -0.39 is 11.9 Å². The zero-order valence-corrected chi connectivity index (χ0v) is 11.5. The van der Waals surface area contributed by atoms with Gasteiger partial charge in [0.15, 0.2) is 0 Å². The number of rotatable bonds is 4. The molecule has 1 heterocycles. The van der Waals surface area contributed by atoms with E-state index in [4.69, 9.17) is 5.73 Å². The number of primary amides is 1. The highest BCUT2D eigenvalue weighted by atomic mass is 19.1. The Morgan fingerprint density at radius 2 is 2.40 bits per heavy atom. The van der Waals surface area contributed by atoms with Gasteiger partial charge in [0.25, 0.3) is 0 Å². The van der Waals surface area contributed by atoms with E-state index in [2.05, 4.69) is 5.32 Å². The van der Waals surface area contributed by atoms with Crippen molar-refractivity contribution in [1.82, 2.24) is 10.2 Å². The molecule has 6 heteroatoms. The van der Waals surface area contributed by atoms with Crippen LogP contribution in [0.3, 0.4) is 0 Å². The lowest BCUT2D eigenvalue weighted by molar-refractivity contribution is -0.124. The Labute approximate surface area is 117 Å². The first-order chi connectivity index (χ1) is 9.52. The Balaban J connectivity index is 2.31. The lowest BCUT2D eigenvalue weighted by Gasteiger charge is -2.37. The number of benzene rings is 1. The predicted molar refractivity (Wildman–Crippen MR) is 73.5 cm³/mol. The van der Waals surface area contributed by atoms with Crippen molar-refractivity contribution in [1.29, 1.82) is 0 Å². The molecule has 20 heavy (non-hydrogen) atoms. The molecule has 0 saturated carbocycles. The van der Waals surface area contributed by atoms with Crippen molar-refractivity contribution in [3.8, 4) is 0 Å². The van der Waals surface area contributed by atoms with Crippen molar-refractivity contribution >= 4 is 5.91 Å². The quantitative estimate of drug-likeness (QED) is 0.722. The Morgan fingerprint density at radius 3 is 3.05 bits per heavy atom. The maximum atomic E-state index is 13.5. The first-order valence-corrected chi connectivity index (χ1v) is 6.66. The van der Waals surface area contributed by atoms with Crippen LogP contribution >= 0.6 is 0 Å². The van der Waals surface area contributed by atoms with Crippen LogP contribution in [0.5, 0.6) is 0 Å². The Bertz CT molecular complexity index is 495. The van der Waals surface area contributed by atoms with E-state index in [1.54, 1.807) is 6.07 Å². The minimum absolute atomic E-state index is 0.00981. The van der Waals surface area contributed by atoms with Gasteiger partial charge in [-0.05, 0) is 30.2 Å². The molecular weight excluding hydrogens is 261 g/mol. The fourth-order valence-electron chi connectivity index (χ4n) is 2.64. The molecule has 1 amide bonds. The molecule has 1 aromatic rings. The second-order valence-electron chi connectivity index (χ2n) is 5.13. The van der Waals surface area contributed by atoms with Gasteiger partial charge in [-0.3, -0.25) is 9.69 Å². The van der Waals surface area contributed by atoms with Crippen LogP contribution in [0.15, 0.2) is 18.2 Å². The highest BCUT2D eigenvalue weighted by Crippen LogP contribution is 2.25. The van der Waals surface area contributed by atoms with Gasteiger partial charge in [-0.2, -0.15) is 0 Å². The average Bonchev–Trinajstić information content (AvgIpc) is 2.43. The first-order valence-electron chi connectivity index (χ1n) is 6.66. The summed E-state index contributed by atoms with van der Waals surface area (Å²) in [5, 5.41) is 12.4. The lowest BCUT2D eigenvalue weighted by Crippen LogP contribution is -2.55. The molecule has 1 aliphatic rings. The molecule has 1 aromatic carbocycles. The smallest absolute Gasteiger partial charge is 0.239 e. The van der Waals surface area contributed by atoms with Gasteiger partial charge >= 0.3 is 0 Å². The molecule has 0 radical (unpaired) electrons. The number of halogens is 1. The SMILES string of the molecule is Cc1ccc(F)cc1C(C(N)=O)N1CCNC(CO)C1. The maximum Gasteiger partial charge on any atom is 0.239 e. The molecule has 0 aromatic heterocycles. The van der Waals surface area contributed by atoms with Gasteiger partial charge in [-0.15, -0.1) is 0 Å². The van der Waals surface area contributed by atoms with Crippen molar-refractivity contribution in [2.75, 3.05) is 26.2 Å². The van der Waals surface area contributed by atoms with Crippen molar-refractivity contribution in [2.45, 2.75) is 19.0 Å². The van der Waals surface area contributed by atoms with Crippen LogP contribution < -0.4 is 11.1 Å². The second kappa shape index (κ2) is 6.30. The van der Waals surface area contributed by atoms with Crippen LogP contribution in [0.2, 0.25) is 0 Å². The molecule has 2 atom stereocenters. The number of amides is 1. The Morgan fingerprint density at radius 1 is 1.65 bits per heavy atom. The minimum Gasteiger partial charge on any atom is -0.395 e. The van der Waals surface area contributed by atoms with Gasteiger partial charge in [0.05, 0.1) is 6.61 Å². The van der Waals surface area contributed by atoms with E-state index in [0.717, 1.165) is 5.56 Å². The van der Waals surface area contributed by atoms with Crippen molar-refractivity contribution in [3.05, 3.63) is 35.1 Å². The summed E-state index contributed by atoms with van der Waals surface area (Å²) in [6, 6.07) is 3.61. The summed E-state index contributed by atoms with van der Waals surface area (Å²) < 4.78 is 13.5. The van der Waals surface area contributed by atoms with Crippen LogP contribution in [-0.4, -0.2) is 48.2 Å². The number of nitrogens with two attached hydrogens (primary N) is 1. The molecule has 0 bridgehead atoms. The number of aliphatic hydroxyl groups excluding tert-OH is 1. The standard InChI is InChI=1S/C14H20FN3O2/c1-9-2-3-10(15)6-12(9)13(14(16)20)18-5-4-17-11(7-18)8-19/h2-3,6,11,13,17,19H,4-5,7-8H2,1H3,(H2,16,20). The van der Waals surface area contributed by atoms with Gasteiger partial charge in [-0.25, -0.2) is 4.39 Å². The topological polar surface area (TPSA) is 78.6 Å². The molecule has 110 valence electrons. The number of hydrogen-bond donors (Lipinski definition) is 3. The van der Waals surface area contributed by atoms with Gasteiger partial charge in [0, 0.05) is 25.7 Å². The molecule has 0 spiro atoms. The maximum absolute atomic E-state index is 13.5. The molecule has 5 nitrogen and oxygen atoms in total. The van der Waals surface area contributed by atoms with Crippen molar-refractivity contribution < 1.29 is 14.3 Å². The third-order valence-electron chi connectivity index (χ3n) is 3.68. The fourth-order valence-corrected chi connectivity index (χ4v) is 2.64. The number of nitrogens with zero attached hydrogens (tertiary/aromatic N) is 1. The van der Waals surface area contributed by atoms with E-state index in [1.807, 2.05) is 11.8 Å². The van der Waals surface area contributed by atoms with Gasteiger partial charge in [0.2, 0.25) is 5.91 Å². The monoisotopic (exact) mass is 281 g/mol. The summed E-state index contributed by atoms with van der Waals surface area (Å²) in [5.74, 6) is -0.886. The van der Waals surface area contributed by atoms with E-state index >= 15 is 0 Å². The van der Waals surface area contributed by atoms with E-state index in [9.17, 15) is 14.3 Å². The number of carbonyl (C=O) groups excluding carboxylic acids is 1. The highest BCUT2D eigenvalue weighted by molar-refractivity contribution is 5.82.